The van der Waals surface area contributed by atoms with Crippen LogP contribution in [0.5, 0.6) is 0 Å². The smallest absolute Gasteiger partial charge is 0.0729 e. The van der Waals surface area contributed by atoms with Crippen LogP contribution in [0.25, 0.3) is 10.9 Å². The van der Waals surface area contributed by atoms with E-state index in [-0.39, 0.29) is 0 Å². The molecule has 0 unspecified atom stereocenters. The number of hydrogen-bond acceptors (Lipinski definition) is 1. The Hall–Kier alpha value is -0.990. The minimum Gasteiger partial charge on any atom is -0.330 e. The average molecular weight is 207 g/mol. The summed E-state index contributed by atoms with van der Waals surface area (Å²) in [6.07, 6.45) is 1.02. The summed E-state index contributed by atoms with van der Waals surface area (Å²) in [5.74, 6) is 0. The minimum atomic E-state index is 0.878. The average Bonchev–Trinajstić information content (AvgIpc) is 2.55. The summed E-state index contributed by atoms with van der Waals surface area (Å²) in [6.45, 7) is 1.90. The second kappa shape index (κ2) is 3.01. The summed E-state index contributed by atoms with van der Waals surface area (Å²) < 4.78 is 2.27. The van der Waals surface area contributed by atoms with E-state index < -0.39 is 0 Å². The molecule has 14 heavy (non-hydrogen) atoms. The molecule has 0 radical (unpaired) electrons. The van der Waals surface area contributed by atoms with Crippen LogP contribution in [0.4, 0.5) is 0 Å². The lowest BCUT2D eigenvalue weighted by molar-refractivity contribution is 0.507. The van der Waals surface area contributed by atoms with Crippen LogP contribution in [0.2, 0.25) is 5.02 Å². The van der Waals surface area contributed by atoms with Gasteiger partial charge in [-0.05, 0) is 6.07 Å². The number of halogens is 1. The highest BCUT2D eigenvalue weighted by molar-refractivity contribution is 6.36. The maximum Gasteiger partial charge on any atom is 0.0729 e. The molecule has 2 aromatic rings. The Kier molecular flexibility index (Phi) is 1.79. The highest BCUT2D eigenvalue weighted by atomic mass is 35.5. The van der Waals surface area contributed by atoms with Crippen molar-refractivity contribution in [2.24, 2.45) is 0 Å². The standard InChI is InChI=1S/C11H11ClN2/c12-11-8-3-1-2-4-9(8)14-7-13-6-5-10(11)14/h1-4,13H,5-7H2. The van der Waals surface area contributed by atoms with Crippen LogP contribution < -0.4 is 5.32 Å². The first kappa shape index (κ1) is 8.33. The van der Waals surface area contributed by atoms with E-state index in [0.29, 0.717) is 0 Å². The summed E-state index contributed by atoms with van der Waals surface area (Å²) in [4.78, 5) is 0. The topological polar surface area (TPSA) is 17.0 Å². The van der Waals surface area contributed by atoms with Gasteiger partial charge >= 0.3 is 0 Å². The van der Waals surface area contributed by atoms with E-state index in [9.17, 15) is 0 Å². The second-order valence-electron chi connectivity index (χ2n) is 3.61. The van der Waals surface area contributed by atoms with Crippen molar-refractivity contribution in [2.75, 3.05) is 6.54 Å². The molecule has 1 N–H and O–H groups in total. The van der Waals surface area contributed by atoms with Crippen LogP contribution >= 0.6 is 11.6 Å². The Morgan fingerprint density at radius 1 is 1.29 bits per heavy atom. The molecule has 0 bridgehead atoms. The zero-order valence-corrected chi connectivity index (χ0v) is 8.51. The number of rotatable bonds is 0. The SMILES string of the molecule is Clc1c2n(c3ccccc13)CNCC2. The molecule has 0 saturated heterocycles. The number of nitrogens with zero attached hydrogens (tertiary/aromatic N) is 1. The summed E-state index contributed by atoms with van der Waals surface area (Å²) in [7, 11) is 0. The predicted octanol–water partition coefficient (Wildman–Crippen LogP) is 2.40. The highest BCUT2D eigenvalue weighted by Gasteiger charge is 2.17. The molecule has 2 nitrogen and oxygen atoms in total. The number of para-hydroxylation sites is 1. The van der Waals surface area contributed by atoms with Gasteiger partial charge in [-0.15, -0.1) is 0 Å². The molecular weight excluding hydrogens is 196 g/mol. The molecule has 0 atom stereocenters. The molecule has 3 heteroatoms. The van der Waals surface area contributed by atoms with Crippen molar-refractivity contribution in [1.29, 1.82) is 0 Å². The zero-order valence-electron chi connectivity index (χ0n) is 7.76. The van der Waals surface area contributed by atoms with E-state index in [4.69, 9.17) is 11.6 Å². The van der Waals surface area contributed by atoms with Crippen molar-refractivity contribution in [1.82, 2.24) is 9.88 Å². The number of aromatic nitrogens is 1. The highest BCUT2D eigenvalue weighted by Crippen LogP contribution is 2.31. The second-order valence-corrected chi connectivity index (χ2v) is 3.99. The molecule has 0 fully saturated rings. The first-order valence-electron chi connectivity index (χ1n) is 4.84. The third kappa shape index (κ3) is 1.01. The zero-order chi connectivity index (χ0) is 9.54. The first-order valence-corrected chi connectivity index (χ1v) is 5.22. The largest absolute Gasteiger partial charge is 0.330 e. The number of benzene rings is 1. The molecule has 0 amide bonds. The Labute approximate surface area is 87.5 Å². The molecule has 1 aliphatic rings. The fraction of sp³-hybridized carbons (Fsp3) is 0.273. The Bertz CT molecular complexity index is 487. The number of nitrogens with one attached hydrogen (secondary N) is 1. The quantitative estimate of drug-likeness (QED) is 0.701. The van der Waals surface area contributed by atoms with Gasteiger partial charge in [0.05, 0.1) is 17.2 Å². The Morgan fingerprint density at radius 3 is 3.07 bits per heavy atom. The molecule has 2 heterocycles. The summed E-state index contributed by atoms with van der Waals surface area (Å²) in [6, 6.07) is 8.30. The third-order valence-corrected chi connectivity index (χ3v) is 3.24. The maximum absolute atomic E-state index is 6.33. The summed E-state index contributed by atoms with van der Waals surface area (Å²) in [5.41, 5.74) is 2.51. The lowest BCUT2D eigenvalue weighted by Crippen LogP contribution is -2.28. The lowest BCUT2D eigenvalue weighted by atomic mass is 10.2. The van der Waals surface area contributed by atoms with E-state index in [1.807, 2.05) is 6.07 Å². The van der Waals surface area contributed by atoms with Gasteiger partial charge in [0.25, 0.3) is 0 Å². The molecule has 0 spiro atoms. The third-order valence-electron chi connectivity index (χ3n) is 2.82. The molecule has 1 aromatic heterocycles. The van der Waals surface area contributed by atoms with Crippen molar-refractivity contribution in [3.63, 3.8) is 0 Å². The van der Waals surface area contributed by atoms with Crippen LogP contribution in [0.3, 0.4) is 0 Å². The predicted molar refractivity (Wildman–Crippen MR) is 58.7 cm³/mol. The normalized spacial score (nSPS) is 15.8. The Morgan fingerprint density at radius 2 is 2.14 bits per heavy atom. The maximum atomic E-state index is 6.33. The fourth-order valence-corrected chi connectivity index (χ4v) is 2.49. The van der Waals surface area contributed by atoms with Crippen LogP contribution in [0.15, 0.2) is 24.3 Å². The Balaban J connectivity index is 2.41. The molecule has 1 aliphatic heterocycles. The monoisotopic (exact) mass is 206 g/mol. The van der Waals surface area contributed by atoms with Gasteiger partial charge in [-0.3, -0.25) is 5.32 Å². The van der Waals surface area contributed by atoms with Gasteiger partial charge in [0, 0.05) is 24.0 Å². The summed E-state index contributed by atoms with van der Waals surface area (Å²) in [5, 5.41) is 5.46. The molecule has 0 aliphatic carbocycles. The van der Waals surface area contributed by atoms with Crippen molar-refractivity contribution in [3.05, 3.63) is 35.0 Å². The molecule has 0 saturated carbocycles. The van der Waals surface area contributed by atoms with Crippen molar-refractivity contribution in [2.45, 2.75) is 13.1 Å². The molecule has 3 rings (SSSR count). The van der Waals surface area contributed by atoms with Crippen LogP contribution in [0.1, 0.15) is 5.69 Å². The van der Waals surface area contributed by atoms with Crippen LogP contribution in [-0.2, 0) is 13.1 Å². The van der Waals surface area contributed by atoms with E-state index >= 15 is 0 Å². The molecule has 72 valence electrons. The summed E-state index contributed by atoms with van der Waals surface area (Å²) >= 11 is 6.33. The number of hydrogen-bond donors (Lipinski definition) is 1. The van der Waals surface area contributed by atoms with Crippen LogP contribution in [0, 0.1) is 0 Å². The van der Waals surface area contributed by atoms with Crippen LogP contribution in [-0.4, -0.2) is 11.1 Å². The van der Waals surface area contributed by atoms with E-state index in [0.717, 1.165) is 24.7 Å². The lowest BCUT2D eigenvalue weighted by Gasteiger charge is -2.17. The molecular formula is C11H11ClN2. The fourth-order valence-electron chi connectivity index (χ4n) is 2.14. The van der Waals surface area contributed by atoms with Gasteiger partial charge in [-0.25, -0.2) is 0 Å². The van der Waals surface area contributed by atoms with Gasteiger partial charge in [0.15, 0.2) is 0 Å². The van der Waals surface area contributed by atoms with E-state index in [1.54, 1.807) is 0 Å². The van der Waals surface area contributed by atoms with Gasteiger partial charge < -0.3 is 4.57 Å². The van der Waals surface area contributed by atoms with Gasteiger partial charge in [0.2, 0.25) is 0 Å². The van der Waals surface area contributed by atoms with E-state index in [1.165, 1.54) is 16.6 Å². The van der Waals surface area contributed by atoms with Gasteiger partial charge in [0.1, 0.15) is 0 Å². The minimum absolute atomic E-state index is 0.878. The first-order chi connectivity index (χ1) is 6.88. The van der Waals surface area contributed by atoms with Crippen molar-refractivity contribution >= 4 is 22.5 Å². The van der Waals surface area contributed by atoms with Gasteiger partial charge in [-0.1, -0.05) is 29.8 Å². The van der Waals surface area contributed by atoms with Crippen molar-refractivity contribution in [3.8, 4) is 0 Å². The molecule has 1 aromatic carbocycles. The van der Waals surface area contributed by atoms with Gasteiger partial charge in [-0.2, -0.15) is 0 Å². The van der Waals surface area contributed by atoms with E-state index in [2.05, 4.69) is 28.1 Å². The van der Waals surface area contributed by atoms with Crippen molar-refractivity contribution < 1.29 is 0 Å². The number of fused-ring (bicyclic) bond motifs is 3.